The van der Waals surface area contributed by atoms with Gasteiger partial charge in [0.05, 0.1) is 23.2 Å². The van der Waals surface area contributed by atoms with Crippen molar-refractivity contribution in [2.24, 2.45) is 5.10 Å². The highest BCUT2D eigenvalue weighted by Crippen LogP contribution is 2.22. The first-order valence-corrected chi connectivity index (χ1v) is 7.70. The van der Waals surface area contributed by atoms with E-state index in [-0.39, 0.29) is 17.3 Å². The van der Waals surface area contributed by atoms with Gasteiger partial charge in [0.2, 0.25) is 5.95 Å². The summed E-state index contributed by atoms with van der Waals surface area (Å²) in [5, 5.41) is 8.70. The summed E-state index contributed by atoms with van der Waals surface area (Å²) in [6.45, 7) is 3.48. The third-order valence-corrected chi connectivity index (χ3v) is 3.72. The number of hydrogen-bond donors (Lipinski definition) is 2. The summed E-state index contributed by atoms with van der Waals surface area (Å²) in [6.07, 6.45) is 1.48. The second-order valence-corrected chi connectivity index (χ2v) is 5.64. The largest absolute Gasteiger partial charge is 0.291 e. The molecule has 0 atom stereocenters. The van der Waals surface area contributed by atoms with Gasteiger partial charge < -0.3 is 0 Å². The molecule has 0 bridgehead atoms. The van der Waals surface area contributed by atoms with E-state index in [1.165, 1.54) is 29.1 Å². The van der Waals surface area contributed by atoms with Crippen molar-refractivity contribution in [2.75, 3.05) is 5.43 Å². The lowest BCUT2D eigenvalue weighted by Gasteiger charge is -2.02. The molecule has 0 spiro atoms. The molecule has 7 nitrogen and oxygen atoms in total. The molecule has 0 fully saturated rings. The van der Waals surface area contributed by atoms with Crippen molar-refractivity contribution >= 4 is 23.8 Å². The number of halogens is 2. The summed E-state index contributed by atoms with van der Waals surface area (Å²) in [5.74, 6) is -0.115. The summed E-state index contributed by atoms with van der Waals surface area (Å²) in [4.78, 5) is 18.0. The maximum atomic E-state index is 13.0. The van der Waals surface area contributed by atoms with Crippen LogP contribution in [0.1, 0.15) is 17.0 Å². The third kappa shape index (κ3) is 3.74. The van der Waals surface area contributed by atoms with Crippen LogP contribution in [-0.2, 0) is 0 Å². The summed E-state index contributed by atoms with van der Waals surface area (Å²) < 4.78 is 14.5. The highest BCUT2D eigenvalue weighted by atomic mass is 35.5. The lowest BCUT2D eigenvalue weighted by molar-refractivity contribution is 0.627. The molecule has 2 N–H and O–H groups in total. The molecule has 3 rings (SSSR count). The van der Waals surface area contributed by atoms with Gasteiger partial charge in [0.15, 0.2) is 0 Å². The van der Waals surface area contributed by atoms with Crippen molar-refractivity contribution in [2.45, 2.75) is 13.8 Å². The number of aromatic nitrogens is 4. The first kappa shape index (κ1) is 16.8. The number of benzene rings is 1. The molecule has 0 unspecified atom stereocenters. The fourth-order valence-electron chi connectivity index (χ4n) is 2.20. The highest BCUT2D eigenvalue weighted by molar-refractivity contribution is 6.32. The van der Waals surface area contributed by atoms with Crippen molar-refractivity contribution in [3.8, 4) is 5.69 Å². The zero-order valence-corrected chi connectivity index (χ0v) is 14.2. The Morgan fingerprint density at radius 2 is 2.04 bits per heavy atom. The molecule has 0 aliphatic rings. The number of H-pyrrole nitrogens is 1. The average Bonchev–Trinajstić information content (AvgIpc) is 2.83. The lowest BCUT2D eigenvalue weighted by atomic mass is 10.3. The van der Waals surface area contributed by atoms with E-state index in [1.54, 1.807) is 26.0 Å². The number of anilines is 1. The highest BCUT2D eigenvalue weighted by Gasteiger charge is 2.13. The van der Waals surface area contributed by atoms with Crippen LogP contribution in [0.2, 0.25) is 5.15 Å². The van der Waals surface area contributed by atoms with Gasteiger partial charge in [0.1, 0.15) is 11.0 Å². The zero-order valence-electron chi connectivity index (χ0n) is 13.4. The second kappa shape index (κ2) is 6.86. The zero-order chi connectivity index (χ0) is 18.0. The molecule has 0 saturated carbocycles. The smallest absolute Gasteiger partial charge is 0.252 e. The Kier molecular flexibility index (Phi) is 4.62. The minimum atomic E-state index is -0.339. The molecule has 1 aromatic carbocycles. The maximum absolute atomic E-state index is 13.0. The summed E-state index contributed by atoms with van der Waals surface area (Å²) in [7, 11) is 0. The van der Waals surface area contributed by atoms with Crippen molar-refractivity contribution in [3.63, 3.8) is 0 Å². The van der Waals surface area contributed by atoms with E-state index < -0.39 is 0 Å². The Morgan fingerprint density at radius 3 is 2.72 bits per heavy atom. The fraction of sp³-hybridized carbons (Fsp3) is 0.125. The number of nitrogens with zero attached hydrogens (tertiary/aromatic N) is 4. The summed E-state index contributed by atoms with van der Waals surface area (Å²) in [6, 6.07) is 7.20. The normalized spacial score (nSPS) is 11.2. The Morgan fingerprint density at radius 1 is 1.32 bits per heavy atom. The van der Waals surface area contributed by atoms with Gasteiger partial charge in [0.25, 0.3) is 5.56 Å². The first-order valence-electron chi connectivity index (χ1n) is 7.32. The molecule has 0 aliphatic carbocycles. The summed E-state index contributed by atoms with van der Waals surface area (Å²) in [5.41, 5.74) is 4.80. The predicted molar refractivity (Wildman–Crippen MR) is 94.1 cm³/mol. The standard InChI is InChI=1S/C16H14ClFN6O/c1-9-7-14(25)21-16(20-9)22-19-8-13-10(2)23-24(15(13)17)12-5-3-11(18)4-6-12/h3-8H,1-2H3,(H2,20,21,22,25). The summed E-state index contributed by atoms with van der Waals surface area (Å²) >= 11 is 6.35. The molecule has 3 aromatic rings. The van der Waals surface area contributed by atoms with Crippen LogP contribution >= 0.6 is 11.6 Å². The average molecular weight is 361 g/mol. The Labute approximate surface area is 147 Å². The molecule has 128 valence electrons. The molecule has 0 saturated heterocycles. The van der Waals surface area contributed by atoms with Crippen LogP contribution in [0.15, 0.2) is 40.2 Å². The van der Waals surface area contributed by atoms with Crippen LogP contribution < -0.4 is 11.0 Å². The van der Waals surface area contributed by atoms with Crippen LogP contribution in [0.5, 0.6) is 0 Å². The fourth-order valence-corrected chi connectivity index (χ4v) is 2.52. The Balaban J connectivity index is 1.85. The van der Waals surface area contributed by atoms with E-state index in [0.717, 1.165) is 0 Å². The van der Waals surface area contributed by atoms with Gasteiger partial charge in [-0.15, -0.1) is 0 Å². The van der Waals surface area contributed by atoms with Gasteiger partial charge in [0, 0.05) is 11.8 Å². The van der Waals surface area contributed by atoms with E-state index in [1.807, 2.05) is 0 Å². The lowest BCUT2D eigenvalue weighted by Crippen LogP contribution is -2.10. The number of aryl methyl sites for hydroxylation is 2. The van der Waals surface area contributed by atoms with E-state index in [0.29, 0.717) is 27.8 Å². The van der Waals surface area contributed by atoms with Gasteiger partial charge in [-0.3, -0.25) is 9.78 Å². The van der Waals surface area contributed by atoms with Gasteiger partial charge in [-0.25, -0.2) is 19.5 Å². The monoisotopic (exact) mass is 360 g/mol. The van der Waals surface area contributed by atoms with E-state index in [2.05, 4.69) is 25.6 Å². The van der Waals surface area contributed by atoms with Crippen molar-refractivity contribution in [3.05, 3.63) is 68.6 Å². The molecule has 2 aromatic heterocycles. The van der Waals surface area contributed by atoms with Gasteiger partial charge in [-0.2, -0.15) is 10.2 Å². The van der Waals surface area contributed by atoms with E-state index >= 15 is 0 Å². The van der Waals surface area contributed by atoms with Crippen molar-refractivity contribution in [1.29, 1.82) is 0 Å². The molecular weight excluding hydrogens is 347 g/mol. The number of nitrogens with one attached hydrogen (secondary N) is 2. The topological polar surface area (TPSA) is 88.0 Å². The van der Waals surface area contributed by atoms with Crippen LogP contribution in [0.4, 0.5) is 10.3 Å². The second-order valence-electron chi connectivity index (χ2n) is 5.28. The first-order chi connectivity index (χ1) is 11.9. The van der Waals surface area contributed by atoms with Gasteiger partial charge in [-0.05, 0) is 38.1 Å². The molecule has 2 heterocycles. The maximum Gasteiger partial charge on any atom is 0.252 e. The van der Waals surface area contributed by atoms with Gasteiger partial charge >= 0.3 is 0 Å². The number of hydrogen-bond acceptors (Lipinski definition) is 5. The molecule has 25 heavy (non-hydrogen) atoms. The number of aromatic amines is 1. The van der Waals surface area contributed by atoms with Crippen LogP contribution in [0, 0.1) is 19.7 Å². The Bertz CT molecular complexity index is 993. The minimum Gasteiger partial charge on any atom is -0.291 e. The molecule has 0 aliphatic heterocycles. The SMILES string of the molecule is Cc1cc(=O)[nH]c(NN=Cc2c(C)nn(-c3ccc(F)cc3)c2Cl)n1. The molecule has 9 heteroatoms. The predicted octanol–water partition coefficient (Wildman–Crippen LogP) is 2.81. The molecule has 0 amide bonds. The quantitative estimate of drug-likeness (QED) is 0.553. The number of rotatable bonds is 4. The molecule has 0 radical (unpaired) electrons. The van der Waals surface area contributed by atoms with Crippen LogP contribution in [0.3, 0.4) is 0 Å². The van der Waals surface area contributed by atoms with E-state index in [4.69, 9.17) is 11.6 Å². The van der Waals surface area contributed by atoms with E-state index in [9.17, 15) is 9.18 Å². The van der Waals surface area contributed by atoms with Crippen LogP contribution in [0.25, 0.3) is 5.69 Å². The van der Waals surface area contributed by atoms with Crippen molar-refractivity contribution < 1.29 is 4.39 Å². The Hall–Kier alpha value is -3.00. The minimum absolute atomic E-state index is 0.223. The van der Waals surface area contributed by atoms with Crippen LogP contribution in [-0.4, -0.2) is 26.0 Å². The third-order valence-electron chi connectivity index (χ3n) is 3.35. The van der Waals surface area contributed by atoms with Crippen molar-refractivity contribution in [1.82, 2.24) is 19.7 Å². The van der Waals surface area contributed by atoms with Gasteiger partial charge in [-0.1, -0.05) is 11.6 Å². The molecular formula is C16H14ClFN6O. The number of hydrazone groups is 1.